The topological polar surface area (TPSA) is 36.7 Å². The highest BCUT2D eigenvalue weighted by atomic mass is 19.4. The van der Waals surface area contributed by atoms with E-state index >= 15 is 0 Å². The molecule has 1 aromatic heterocycles. The van der Waals surface area contributed by atoms with Crippen LogP contribution in [0.5, 0.6) is 0 Å². The molecule has 0 aliphatic heterocycles. The summed E-state index contributed by atoms with van der Waals surface area (Å²) in [5.74, 6) is 0. The molecule has 0 bridgehead atoms. The van der Waals surface area contributed by atoms with Crippen molar-refractivity contribution in [2.24, 2.45) is 0 Å². The molecule has 2 aromatic rings. The van der Waals surface area contributed by atoms with E-state index in [4.69, 9.17) is 5.26 Å². The number of nitriles is 1. The molecule has 0 saturated heterocycles. The van der Waals surface area contributed by atoms with Crippen molar-refractivity contribution in [2.75, 3.05) is 0 Å². The molecule has 1 aromatic carbocycles. The standard InChI is InChI=1S/C15H9F3N2/c16-15(17,18)13-5-3-4-11(9-13)8-12(10-19)14-6-1-2-7-20-14/h1-9H/b12-8+. The summed E-state index contributed by atoms with van der Waals surface area (Å²) < 4.78 is 37.8. The van der Waals surface area contributed by atoms with Crippen LogP contribution in [-0.2, 0) is 6.18 Å². The van der Waals surface area contributed by atoms with Gasteiger partial charge in [0.25, 0.3) is 0 Å². The first kappa shape index (κ1) is 13.8. The fraction of sp³-hybridized carbons (Fsp3) is 0.0667. The predicted octanol–water partition coefficient (Wildman–Crippen LogP) is 4.16. The molecule has 20 heavy (non-hydrogen) atoms. The van der Waals surface area contributed by atoms with E-state index in [2.05, 4.69) is 4.98 Å². The number of rotatable bonds is 2. The van der Waals surface area contributed by atoms with Gasteiger partial charge in [-0.3, -0.25) is 4.98 Å². The van der Waals surface area contributed by atoms with Crippen LogP contribution in [-0.4, -0.2) is 4.98 Å². The second-order valence-corrected chi connectivity index (χ2v) is 4.01. The number of alkyl halides is 3. The van der Waals surface area contributed by atoms with Gasteiger partial charge in [0, 0.05) is 6.20 Å². The number of halogens is 3. The average Bonchev–Trinajstić information content (AvgIpc) is 2.45. The molecule has 0 atom stereocenters. The summed E-state index contributed by atoms with van der Waals surface area (Å²) in [6.45, 7) is 0. The summed E-state index contributed by atoms with van der Waals surface area (Å²) in [7, 11) is 0. The van der Waals surface area contributed by atoms with Crippen molar-refractivity contribution >= 4 is 11.6 Å². The van der Waals surface area contributed by atoms with Gasteiger partial charge in [-0.15, -0.1) is 0 Å². The second-order valence-electron chi connectivity index (χ2n) is 4.01. The van der Waals surface area contributed by atoms with Crippen LogP contribution in [0.3, 0.4) is 0 Å². The smallest absolute Gasteiger partial charge is 0.256 e. The molecule has 0 amide bonds. The Labute approximate surface area is 113 Å². The third-order valence-electron chi connectivity index (χ3n) is 2.59. The van der Waals surface area contributed by atoms with Crippen LogP contribution in [0, 0.1) is 11.3 Å². The van der Waals surface area contributed by atoms with Gasteiger partial charge in [-0.25, -0.2) is 0 Å². The lowest BCUT2D eigenvalue weighted by Crippen LogP contribution is -2.04. The molecule has 0 N–H and O–H groups in total. The first-order valence-electron chi connectivity index (χ1n) is 5.71. The molecule has 2 nitrogen and oxygen atoms in total. The Morgan fingerprint density at radius 3 is 2.55 bits per heavy atom. The molecule has 1 heterocycles. The predicted molar refractivity (Wildman–Crippen MR) is 69.2 cm³/mol. The highest BCUT2D eigenvalue weighted by molar-refractivity contribution is 5.88. The molecule has 0 spiro atoms. The number of pyridine rings is 1. The van der Waals surface area contributed by atoms with Gasteiger partial charge >= 0.3 is 6.18 Å². The summed E-state index contributed by atoms with van der Waals surface area (Å²) in [5, 5.41) is 9.09. The highest BCUT2D eigenvalue weighted by Gasteiger charge is 2.30. The van der Waals surface area contributed by atoms with Crippen molar-refractivity contribution in [1.82, 2.24) is 4.98 Å². The summed E-state index contributed by atoms with van der Waals surface area (Å²) in [6.07, 6.45) is -1.49. The van der Waals surface area contributed by atoms with E-state index < -0.39 is 11.7 Å². The number of hydrogen-bond donors (Lipinski definition) is 0. The van der Waals surface area contributed by atoms with Crippen molar-refractivity contribution in [1.29, 1.82) is 5.26 Å². The van der Waals surface area contributed by atoms with Crippen molar-refractivity contribution in [3.05, 3.63) is 65.5 Å². The lowest BCUT2D eigenvalue weighted by Gasteiger charge is -2.07. The Bertz CT molecular complexity index is 668. The zero-order chi connectivity index (χ0) is 14.6. The van der Waals surface area contributed by atoms with Gasteiger partial charge in [0.05, 0.1) is 16.8 Å². The molecule has 0 radical (unpaired) electrons. The number of nitrogens with zero attached hydrogens (tertiary/aromatic N) is 2. The largest absolute Gasteiger partial charge is 0.416 e. The number of hydrogen-bond acceptors (Lipinski definition) is 2. The van der Waals surface area contributed by atoms with Crippen LogP contribution in [0.2, 0.25) is 0 Å². The van der Waals surface area contributed by atoms with E-state index in [1.807, 2.05) is 6.07 Å². The number of aromatic nitrogens is 1. The maximum absolute atomic E-state index is 12.6. The maximum atomic E-state index is 12.6. The first-order chi connectivity index (χ1) is 9.50. The number of benzene rings is 1. The molecule has 100 valence electrons. The van der Waals surface area contributed by atoms with E-state index in [0.29, 0.717) is 11.3 Å². The minimum Gasteiger partial charge on any atom is -0.256 e. The number of allylic oxidation sites excluding steroid dienone is 1. The van der Waals surface area contributed by atoms with E-state index in [1.165, 1.54) is 24.4 Å². The molecular formula is C15H9F3N2. The van der Waals surface area contributed by atoms with Crippen LogP contribution in [0.1, 0.15) is 16.8 Å². The quantitative estimate of drug-likeness (QED) is 0.771. The van der Waals surface area contributed by atoms with Gasteiger partial charge in [0.2, 0.25) is 0 Å². The normalized spacial score (nSPS) is 12.0. The summed E-state index contributed by atoms with van der Waals surface area (Å²) in [5.41, 5.74) is 0.198. The van der Waals surface area contributed by atoms with E-state index in [-0.39, 0.29) is 5.57 Å². The zero-order valence-electron chi connectivity index (χ0n) is 10.2. The van der Waals surface area contributed by atoms with Gasteiger partial charge in [0.15, 0.2) is 0 Å². The fourth-order valence-corrected chi connectivity index (χ4v) is 1.66. The van der Waals surface area contributed by atoms with E-state index in [0.717, 1.165) is 12.1 Å². The van der Waals surface area contributed by atoms with Crippen LogP contribution in [0.25, 0.3) is 11.6 Å². The van der Waals surface area contributed by atoms with E-state index in [9.17, 15) is 13.2 Å². The first-order valence-corrected chi connectivity index (χ1v) is 5.71. The van der Waals surface area contributed by atoms with Crippen LogP contribution in [0.4, 0.5) is 13.2 Å². The van der Waals surface area contributed by atoms with Gasteiger partial charge in [-0.2, -0.15) is 18.4 Å². The van der Waals surface area contributed by atoms with E-state index in [1.54, 1.807) is 18.2 Å². The third kappa shape index (κ3) is 3.23. The third-order valence-corrected chi connectivity index (χ3v) is 2.59. The Morgan fingerprint density at radius 1 is 1.15 bits per heavy atom. The summed E-state index contributed by atoms with van der Waals surface area (Å²) in [4.78, 5) is 4.00. The zero-order valence-corrected chi connectivity index (χ0v) is 10.2. The Balaban J connectivity index is 2.42. The Morgan fingerprint density at radius 2 is 1.95 bits per heavy atom. The van der Waals surface area contributed by atoms with Gasteiger partial charge in [0.1, 0.15) is 6.07 Å². The van der Waals surface area contributed by atoms with Gasteiger partial charge in [-0.05, 0) is 35.9 Å². The van der Waals surface area contributed by atoms with Gasteiger partial charge in [-0.1, -0.05) is 18.2 Å². The molecule has 0 saturated carbocycles. The summed E-state index contributed by atoms with van der Waals surface area (Å²) in [6, 6.07) is 11.8. The minimum atomic E-state index is -4.40. The molecule has 0 fully saturated rings. The highest BCUT2D eigenvalue weighted by Crippen LogP contribution is 2.30. The summed E-state index contributed by atoms with van der Waals surface area (Å²) >= 11 is 0. The van der Waals surface area contributed by atoms with Crippen LogP contribution < -0.4 is 0 Å². The Kier molecular flexibility index (Phi) is 3.85. The van der Waals surface area contributed by atoms with Gasteiger partial charge < -0.3 is 0 Å². The van der Waals surface area contributed by atoms with Crippen molar-refractivity contribution in [3.63, 3.8) is 0 Å². The monoisotopic (exact) mass is 274 g/mol. The SMILES string of the molecule is N#C/C(=C\c1cccc(C(F)(F)F)c1)c1ccccn1. The van der Waals surface area contributed by atoms with Crippen molar-refractivity contribution in [3.8, 4) is 6.07 Å². The maximum Gasteiger partial charge on any atom is 0.416 e. The fourth-order valence-electron chi connectivity index (χ4n) is 1.66. The molecule has 5 heteroatoms. The van der Waals surface area contributed by atoms with Crippen LogP contribution in [0.15, 0.2) is 48.7 Å². The lowest BCUT2D eigenvalue weighted by atomic mass is 10.1. The molecule has 0 unspecified atom stereocenters. The average molecular weight is 274 g/mol. The minimum absolute atomic E-state index is 0.213. The van der Waals surface area contributed by atoms with Crippen molar-refractivity contribution < 1.29 is 13.2 Å². The van der Waals surface area contributed by atoms with Crippen molar-refractivity contribution in [2.45, 2.75) is 6.18 Å². The Hall–Kier alpha value is -2.61. The molecular weight excluding hydrogens is 265 g/mol. The second kappa shape index (κ2) is 5.57. The molecule has 0 aliphatic rings. The molecule has 2 rings (SSSR count). The lowest BCUT2D eigenvalue weighted by molar-refractivity contribution is -0.137. The molecule has 0 aliphatic carbocycles. The van der Waals surface area contributed by atoms with Crippen LogP contribution >= 0.6 is 0 Å².